The zero-order chi connectivity index (χ0) is 14.9. The molecule has 0 bridgehead atoms. The molecule has 0 N–H and O–H groups in total. The first-order valence-electron chi connectivity index (χ1n) is 7.19. The molecule has 2 amide bonds. The minimum atomic E-state index is -0.519. The van der Waals surface area contributed by atoms with Gasteiger partial charge in [-0.15, -0.1) is 0 Å². The third-order valence-corrected chi connectivity index (χ3v) is 4.11. The van der Waals surface area contributed by atoms with Gasteiger partial charge in [-0.2, -0.15) is 0 Å². The molecular weight excluding hydrogens is 270 g/mol. The lowest BCUT2D eigenvalue weighted by Gasteiger charge is -2.38. The van der Waals surface area contributed by atoms with Gasteiger partial charge in [0.2, 0.25) is 5.91 Å². The van der Waals surface area contributed by atoms with Gasteiger partial charge in [-0.1, -0.05) is 6.07 Å². The number of likely N-dealkylation sites (tertiary alicyclic amines) is 1. The van der Waals surface area contributed by atoms with Crippen molar-refractivity contribution in [2.75, 3.05) is 26.7 Å². The molecule has 3 heterocycles. The summed E-state index contributed by atoms with van der Waals surface area (Å²) in [6, 6.07) is 3.72. The van der Waals surface area contributed by atoms with E-state index in [4.69, 9.17) is 4.74 Å². The molecular formula is C15H19N3O3. The molecule has 0 saturated carbocycles. The van der Waals surface area contributed by atoms with E-state index in [0.717, 1.165) is 24.9 Å². The average Bonchev–Trinajstić information content (AvgIpc) is 2.74. The van der Waals surface area contributed by atoms with Crippen LogP contribution in [0.4, 0.5) is 4.79 Å². The fourth-order valence-electron chi connectivity index (χ4n) is 3.10. The third kappa shape index (κ3) is 2.84. The van der Waals surface area contributed by atoms with Gasteiger partial charge in [0, 0.05) is 26.0 Å². The molecule has 0 aliphatic carbocycles. The highest BCUT2D eigenvalue weighted by molar-refractivity contribution is 5.79. The standard InChI is InChI=1S/C15H19N3O3/c1-17-10-15(21-14(17)20)5-3-7-18(11-15)13(19)8-12-4-2-6-16-9-12/h2,4,6,9H,3,5,7-8,10-11H2,1H3. The van der Waals surface area contributed by atoms with Gasteiger partial charge in [0.05, 0.1) is 19.5 Å². The van der Waals surface area contributed by atoms with Crippen LogP contribution in [0.25, 0.3) is 0 Å². The van der Waals surface area contributed by atoms with Crippen LogP contribution in [-0.4, -0.2) is 59.1 Å². The van der Waals surface area contributed by atoms with Crippen LogP contribution in [0.1, 0.15) is 18.4 Å². The Bertz CT molecular complexity index is 548. The number of hydrogen-bond donors (Lipinski definition) is 0. The van der Waals surface area contributed by atoms with E-state index in [9.17, 15) is 9.59 Å². The zero-order valence-corrected chi connectivity index (χ0v) is 12.1. The number of pyridine rings is 1. The minimum Gasteiger partial charge on any atom is -0.439 e. The van der Waals surface area contributed by atoms with E-state index in [1.165, 1.54) is 0 Å². The predicted molar refractivity (Wildman–Crippen MR) is 75.6 cm³/mol. The van der Waals surface area contributed by atoms with E-state index in [-0.39, 0.29) is 12.0 Å². The molecule has 2 aliphatic rings. The Morgan fingerprint density at radius 1 is 1.48 bits per heavy atom. The van der Waals surface area contributed by atoms with Gasteiger partial charge in [0.25, 0.3) is 0 Å². The van der Waals surface area contributed by atoms with Crippen LogP contribution < -0.4 is 0 Å². The van der Waals surface area contributed by atoms with E-state index in [2.05, 4.69) is 4.98 Å². The second-order valence-electron chi connectivity index (χ2n) is 5.86. The number of nitrogens with zero attached hydrogens (tertiary/aromatic N) is 3. The van der Waals surface area contributed by atoms with Crippen molar-refractivity contribution in [2.24, 2.45) is 0 Å². The highest BCUT2D eigenvalue weighted by atomic mass is 16.6. The van der Waals surface area contributed by atoms with Crippen molar-refractivity contribution in [3.8, 4) is 0 Å². The fourth-order valence-corrected chi connectivity index (χ4v) is 3.10. The van der Waals surface area contributed by atoms with Crippen LogP contribution in [-0.2, 0) is 16.0 Å². The van der Waals surface area contributed by atoms with Gasteiger partial charge in [-0.25, -0.2) is 4.79 Å². The summed E-state index contributed by atoms with van der Waals surface area (Å²) in [5.74, 6) is 0.0627. The molecule has 0 radical (unpaired) electrons. The molecule has 6 nitrogen and oxygen atoms in total. The molecule has 1 spiro atoms. The van der Waals surface area contributed by atoms with Crippen LogP contribution in [0.5, 0.6) is 0 Å². The zero-order valence-electron chi connectivity index (χ0n) is 12.1. The van der Waals surface area contributed by atoms with Gasteiger partial charge in [0.15, 0.2) is 0 Å². The van der Waals surface area contributed by atoms with Crippen LogP contribution >= 0.6 is 0 Å². The van der Waals surface area contributed by atoms with Crippen molar-refractivity contribution in [2.45, 2.75) is 24.9 Å². The summed E-state index contributed by atoms with van der Waals surface area (Å²) in [4.78, 5) is 31.4. The summed E-state index contributed by atoms with van der Waals surface area (Å²) in [6.07, 6.45) is 5.13. The molecule has 2 saturated heterocycles. The molecule has 1 aromatic heterocycles. The minimum absolute atomic E-state index is 0.0627. The Morgan fingerprint density at radius 2 is 2.33 bits per heavy atom. The van der Waals surface area contributed by atoms with Crippen molar-refractivity contribution in [1.29, 1.82) is 0 Å². The average molecular weight is 289 g/mol. The molecule has 0 aromatic carbocycles. The Balaban J connectivity index is 1.66. The van der Waals surface area contributed by atoms with Crippen molar-refractivity contribution in [1.82, 2.24) is 14.8 Å². The number of aromatic nitrogens is 1. The number of piperidine rings is 1. The molecule has 2 fully saturated rings. The largest absolute Gasteiger partial charge is 0.439 e. The van der Waals surface area contributed by atoms with E-state index in [1.807, 2.05) is 17.0 Å². The highest BCUT2D eigenvalue weighted by Gasteiger charge is 2.47. The molecule has 1 aromatic rings. The first-order chi connectivity index (χ1) is 10.1. The van der Waals surface area contributed by atoms with Crippen molar-refractivity contribution < 1.29 is 14.3 Å². The lowest BCUT2D eigenvalue weighted by Crippen LogP contribution is -2.52. The van der Waals surface area contributed by atoms with E-state index in [0.29, 0.717) is 19.5 Å². The Morgan fingerprint density at radius 3 is 3.00 bits per heavy atom. The molecule has 1 atom stereocenters. The van der Waals surface area contributed by atoms with Crippen LogP contribution in [0.15, 0.2) is 24.5 Å². The normalized spacial score (nSPS) is 25.3. The number of amides is 2. The van der Waals surface area contributed by atoms with Crippen molar-refractivity contribution >= 4 is 12.0 Å². The summed E-state index contributed by atoms with van der Waals surface area (Å²) in [7, 11) is 1.73. The number of ether oxygens (including phenoxy) is 1. The number of likely N-dealkylation sites (N-methyl/N-ethyl adjacent to an activating group) is 1. The van der Waals surface area contributed by atoms with E-state index in [1.54, 1.807) is 24.3 Å². The SMILES string of the molecule is CN1CC2(CCCN(C(=O)Cc3cccnc3)C2)OC1=O. The smallest absolute Gasteiger partial charge is 0.410 e. The Hall–Kier alpha value is -2.11. The topological polar surface area (TPSA) is 62.7 Å². The van der Waals surface area contributed by atoms with Crippen LogP contribution in [0.2, 0.25) is 0 Å². The maximum absolute atomic E-state index is 12.4. The van der Waals surface area contributed by atoms with Crippen molar-refractivity contribution in [3.63, 3.8) is 0 Å². The summed E-state index contributed by atoms with van der Waals surface area (Å²) in [5.41, 5.74) is 0.386. The number of rotatable bonds is 2. The second kappa shape index (κ2) is 5.35. The Labute approximate surface area is 123 Å². The monoisotopic (exact) mass is 289 g/mol. The number of hydrogen-bond acceptors (Lipinski definition) is 4. The van der Waals surface area contributed by atoms with Crippen LogP contribution in [0.3, 0.4) is 0 Å². The molecule has 1 unspecified atom stereocenters. The van der Waals surface area contributed by atoms with Crippen molar-refractivity contribution in [3.05, 3.63) is 30.1 Å². The Kier molecular flexibility index (Phi) is 3.53. The molecule has 112 valence electrons. The summed E-state index contributed by atoms with van der Waals surface area (Å²) >= 11 is 0. The molecule has 2 aliphatic heterocycles. The molecule has 3 rings (SSSR count). The molecule has 6 heteroatoms. The maximum Gasteiger partial charge on any atom is 0.410 e. The maximum atomic E-state index is 12.4. The van der Waals surface area contributed by atoms with E-state index >= 15 is 0 Å². The number of carbonyl (C=O) groups excluding carboxylic acids is 2. The lowest BCUT2D eigenvalue weighted by molar-refractivity contribution is -0.136. The van der Waals surface area contributed by atoms with Gasteiger partial charge in [-0.3, -0.25) is 9.78 Å². The summed E-state index contributed by atoms with van der Waals surface area (Å²) < 4.78 is 5.51. The lowest BCUT2D eigenvalue weighted by atomic mass is 9.92. The fraction of sp³-hybridized carbons (Fsp3) is 0.533. The summed E-state index contributed by atoms with van der Waals surface area (Å²) in [6.45, 7) is 1.77. The third-order valence-electron chi connectivity index (χ3n) is 4.11. The van der Waals surface area contributed by atoms with Gasteiger partial charge < -0.3 is 14.5 Å². The second-order valence-corrected chi connectivity index (χ2v) is 5.86. The van der Waals surface area contributed by atoms with E-state index < -0.39 is 5.60 Å². The number of carbonyl (C=O) groups is 2. The first kappa shape index (κ1) is 13.9. The first-order valence-corrected chi connectivity index (χ1v) is 7.19. The molecule has 21 heavy (non-hydrogen) atoms. The van der Waals surface area contributed by atoms with Gasteiger partial charge in [0.1, 0.15) is 5.60 Å². The predicted octanol–water partition coefficient (Wildman–Crippen LogP) is 1.07. The quantitative estimate of drug-likeness (QED) is 0.817. The summed E-state index contributed by atoms with van der Waals surface area (Å²) in [5, 5.41) is 0. The van der Waals surface area contributed by atoms with Gasteiger partial charge >= 0.3 is 6.09 Å². The van der Waals surface area contributed by atoms with Gasteiger partial charge in [-0.05, 0) is 24.5 Å². The van der Waals surface area contributed by atoms with Crippen LogP contribution in [0, 0.1) is 0 Å². The highest BCUT2D eigenvalue weighted by Crippen LogP contribution is 2.31.